The Labute approximate surface area is 182 Å². The number of alkyl halides is 2. The van der Waals surface area contributed by atoms with Crippen LogP contribution in [0.25, 0.3) is 11.1 Å². The van der Waals surface area contributed by atoms with Gasteiger partial charge in [-0.3, -0.25) is 0 Å². The zero-order chi connectivity index (χ0) is 23.0. The fourth-order valence-corrected chi connectivity index (χ4v) is 4.03. The Morgan fingerprint density at radius 1 is 0.812 bits per heavy atom. The van der Waals surface area contributed by atoms with Crippen LogP contribution in [-0.4, -0.2) is 7.11 Å². The Kier molecular flexibility index (Phi) is 6.09. The van der Waals surface area contributed by atoms with Crippen molar-refractivity contribution in [1.82, 2.24) is 0 Å². The number of aryl methyl sites for hydroxylation is 1. The zero-order valence-corrected chi connectivity index (χ0v) is 17.5. The van der Waals surface area contributed by atoms with Gasteiger partial charge >= 0.3 is 0 Å². The first-order valence-corrected chi connectivity index (χ1v) is 10.2. The maximum atomic E-state index is 15.1. The van der Waals surface area contributed by atoms with Crippen molar-refractivity contribution in [3.63, 3.8) is 0 Å². The minimum Gasteiger partial charge on any atom is -0.494 e. The molecule has 1 aliphatic carbocycles. The molecular formula is C25H21F5O2. The van der Waals surface area contributed by atoms with Crippen molar-refractivity contribution in [1.29, 1.82) is 0 Å². The van der Waals surface area contributed by atoms with Gasteiger partial charge in [0.15, 0.2) is 35.5 Å². The number of methoxy groups -OCH3 is 1. The summed E-state index contributed by atoms with van der Waals surface area (Å²) in [5.74, 6) is -2.98. The molecule has 7 heteroatoms. The third-order valence-electron chi connectivity index (χ3n) is 5.64. The van der Waals surface area contributed by atoms with Gasteiger partial charge < -0.3 is 9.47 Å². The maximum absolute atomic E-state index is 15.1. The Balaban J connectivity index is 1.66. The van der Waals surface area contributed by atoms with Gasteiger partial charge in [0.1, 0.15) is 12.4 Å². The number of fused-ring (bicyclic) bond motifs is 3. The molecular weight excluding hydrogens is 427 g/mol. The van der Waals surface area contributed by atoms with Crippen LogP contribution in [0.4, 0.5) is 22.0 Å². The summed E-state index contributed by atoms with van der Waals surface area (Å²) in [6, 6.07) is 9.91. The van der Waals surface area contributed by atoms with Crippen molar-refractivity contribution in [2.45, 2.75) is 38.7 Å². The van der Waals surface area contributed by atoms with Gasteiger partial charge in [0.25, 0.3) is 0 Å². The molecule has 168 valence electrons. The molecule has 0 saturated carbocycles. The molecule has 0 amide bonds. The van der Waals surface area contributed by atoms with Crippen molar-refractivity contribution in [2.24, 2.45) is 0 Å². The predicted octanol–water partition coefficient (Wildman–Crippen LogP) is 7.35. The van der Waals surface area contributed by atoms with Crippen LogP contribution in [0, 0.1) is 17.5 Å². The third kappa shape index (κ3) is 3.70. The molecule has 0 bridgehead atoms. The lowest BCUT2D eigenvalue weighted by atomic mass is 9.82. The van der Waals surface area contributed by atoms with Crippen LogP contribution in [0.3, 0.4) is 0 Å². The highest BCUT2D eigenvalue weighted by Crippen LogP contribution is 2.52. The monoisotopic (exact) mass is 448 g/mol. The van der Waals surface area contributed by atoms with E-state index in [0.29, 0.717) is 17.5 Å². The van der Waals surface area contributed by atoms with E-state index in [0.717, 1.165) is 6.42 Å². The Morgan fingerprint density at radius 3 is 1.97 bits per heavy atom. The average Bonchev–Trinajstić information content (AvgIpc) is 2.78. The normalized spacial score (nSPS) is 17.0. The molecule has 2 atom stereocenters. The van der Waals surface area contributed by atoms with Gasteiger partial charge in [-0.15, -0.1) is 0 Å². The zero-order valence-electron chi connectivity index (χ0n) is 17.5. The molecule has 0 aliphatic heterocycles. The summed E-state index contributed by atoms with van der Waals surface area (Å²) in [5.41, 5.74) is 0.116. The van der Waals surface area contributed by atoms with Crippen LogP contribution in [0.2, 0.25) is 0 Å². The molecule has 2 nitrogen and oxygen atoms in total. The molecule has 32 heavy (non-hydrogen) atoms. The van der Waals surface area contributed by atoms with Crippen LogP contribution in [-0.2, 0) is 13.0 Å². The van der Waals surface area contributed by atoms with E-state index in [4.69, 9.17) is 9.47 Å². The average molecular weight is 448 g/mol. The summed E-state index contributed by atoms with van der Waals surface area (Å²) in [5, 5.41) is 0. The van der Waals surface area contributed by atoms with Gasteiger partial charge in [-0.1, -0.05) is 37.6 Å². The first kappa shape index (κ1) is 22.1. The van der Waals surface area contributed by atoms with E-state index in [2.05, 4.69) is 0 Å². The molecule has 3 aromatic carbocycles. The molecule has 1 aliphatic rings. The van der Waals surface area contributed by atoms with Crippen molar-refractivity contribution in [3.05, 3.63) is 82.2 Å². The fraction of sp³-hybridized carbons (Fsp3) is 0.280. The van der Waals surface area contributed by atoms with E-state index < -0.39 is 35.1 Å². The molecule has 0 N–H and O–H groups in total. The number of hydrogen-bond acceptors (Lipinski definition) is 2. The maximum Gasteiger partial charge on any atom is 0.171 e. The van der Waals surface area contributed by atoms with E-state index in [1.165, 1.54) is 37.4 Å². The number of halogens is 5. The van der Waals surface area contributed by atoms with Gasteiger partial charge in [-0.05, 0) is 46.9 Å². The van der Waals surface area contributed by atoms with Gasteiger partial charge in [0, 0.05) is 11.1 Å². The second-order valence-electron chi connectivity index (χ2n) is 7.65. The molecule has 0 spiro atoms. The second kappa shape index (κ2) is 8.81. The molecule has 0 radical (unpaired) electrons. The Bertz CT molecular complexity index is 1160. The standard InChI is InChI=1S/C25H21F5O2/c1-3-4-14-6-5-13(11-17(14)26)12-32-19-10-8-16-15-7-9-18(31-2)22(27)20(15)24(29)25(30)21(16)23(19)28/h5-11,24-25H,3-4,12H2,1-2H3. The number of benzene rings is 3. The summed E-state index contributed by atoms with van der Waals surface area (Å²) in [6.45, 7) is 1.79. The highest BCUT2D eigenvalue weighted by molar-refractivity contribution is 5.76. The van der Waals surface area contributed by atoms with Crippen molar-refractivity contribution in [2.75, 3.05) is 7.11 Å². The largest absolute Gasteiger partial charge is 0.494 e. The molecule has 3 aromatic rings. The molecule has 0 fully saturated rings. The first-order chi connectivity index (χ1) is 15.4. The van der Waals surface area contributed by atoms with Crippen molar-refractivity contribution < 1.29 is 31.4 Å². The Morgan fingerprint density at radius 2 is 1.41 bits per heavy atom. The topological polar surface area (TPSA) is 18.5 Å². The third-order valence-corrected chi connectivity index (χ3v) is 5.64. The van der Waals surface area contributed by atoms with E-state index in [-0.39, 0.29) is 35.1 Å². The summed E-state index contributed by atoms with van der Waals surface area (Å²) in [6.07, 6.45) is -3.43. The van der Waals surface area contributed by atoms with E-state index >= 15 is 4.39 Å². The highest BCUT2D eigenvalue weighted by Gasteiger charge is 2.40. The predicted molar refractivity (Wildman–Crippen MR) is 111 cm³/mol. The summed E-state index contributed by atoms with van der Waals surface area (Å²) >= 11 is 0. The van der Waals surface area contributed by atoms with E-state index in [9.17, 15) is 17.6 Å². The SMILES string of the molecule is CCCc1ccc(COc2ccc3c(c2F)C(F)C(F)c2c-3ccc(OC)c2F)cc1F. The van der Waals surface area contributed by atoms with Crippen LogP contribution in [0.1, 0.15) is 47.9 Å². The summed E-state index contributed by atoms with van der Waals surface area (Å²) in [4.78, 5) is 0. The van der Waals surface area contributed by atoms with Gasteiger partial charge in [0.2, 0.25) is 0 Å². The Hall–Kier alpha value is -3.09. The van der Waals surface area contributed by atoms with Gasteiger partial charge in [0.05, 0.1) is 7.11 Å². The lowest BCUT2D eigenvalue weighted by Crippen LogP contribution is -2.16. The minimum absolute atomic E-state index is 0.0442. The van der Waals surface area contributed by atoms with Crippen LogP contribution in [0.5, 0.6) is 11.5 Å². The number of ether oxygens (including phenoxy) is 2. The summed E-state index contributed by atoms with van der Waals surface area (Å²) < 4.78 is 83.9. The molecule has 0 heterocycles. The van der Waals surface area contributed by atoms with Crippen molar-refractivity contribution >= 4 is 0 Å². The van der Waals surface area contributed by atoms with Gasteiger partial charge in [-0.25, -0.2) is 22.0 Å². The van der Waals surface area contributed by atoms with Crippen molar-refractivity contribution in [3.8, 4) is 22.6 Å². The summed E-state index contributed by atoms with van der Waals surface area (Å²) in [7, 11) is 1.22. The smallest absolute Gasteiger partial charge is 0.171 e. The molecule has 0 aromatic heterocycles. The van der Waals surface area contributed by atoms with E-state index in [1.807, 2.05) is 6.92 Å². The quantitative estimate of drug-likeness (QED) is 0.367. The fourth-order valence-electron chi connectivity index (χ4n) is 4.03. The molecule has 0 saturated heterocycles. The lowest BCUT2D eigenvalue weighted by molar-refractivity contribution is 0.158. The number of rotatable bonds is 6. The molecule has 4 rings (SSSR count). The van der Waals surface area contributed by atoms with E-state index in [1.54, 1.807) is 12.1 Å². The first-order valence-electron chi connectivity index (χ1n) is 10.2. The highest BCUT2D eigenvalue weighted by atomic mass is 19.2. The van der Waals surface area contributed by atoms with Crippen LogP contribution < -0.4 is 9.47 Å². The lowest BCUT2D eigenvalue weighted by Gasteiger charge is -2.28. The van der Waals surface area contributed by atoms with Gasteiger partial charge in [-0.2, -0.15) is 0 Å². The van der Waals surface area contributed by atoms with Crippen LogP contribution in [0.15, 0.2) is 42.5 Å². The number of hydrogen-bond donors (Lipinski definition) is 0. The second-order valence-corrected chi connectivity index (χ2v) is 7.65. The molecule has 2 unspecified atom stereocenters. The van der Waals surface area contributed by atoms with Crippen LogP contribution >= 0.6 is 0 Å². The minimum atomic E-state index is -2.42.